The van der Waals surface area contributed by atoms with E-state index in [0.717, 1.165) is 16.3 Å². The Morgan fingerprint density at radius 2 is 1.65 bits per heavy atom. The molecule has 1 aliphatic heterocycles. The van der Waals surface area contributed by atoms with Crippen molar-refractivity contribution in [2.24, 2.45) is 0 Å². The van der Waals surface area contributed by atoms with Gasteiger partial charge in [-0.2, -0.15) is 0 Å². The van der Waals surface area contributed by atoms with Crippen LogP contribution in [-0.4, -0.2) is 34.1 Å². The predicted molar refractivity (Wildman–Crippen MR) is 131 cm³/mol. The highest BCUT2D eigenvalue weighted by molar-refractivity contribution is 7.92. The van der Waals surface area contributed by atoms with Crippen LogP contribution in [0.4, 0.5) is 5.69 Å². The number of aryl methyl sites for hydroxylation is 1. The molecule has 3 aromatic rings. The van der Waals surface area contributed by atoms with E-state index >= 15 is 0 Å². The molecular weight excluding hydrogens is 452 g/mol. The van der Waals surface area contributed by atoms with Crippen LogP contribution >= 0.6 is 0 Å². The minimum Gasteiger partial charge on any atom is -0.486 e. The lowest BCUT2D eigenvalue weighted by Gasteiger charge is -2.27. The van der Waals surface area contributed by atoms with Gasteiger partial charge in [-0.1, -0.05) is 49.4 Å². The number of nitrogens with one attached hydrogen (secondary N) is 1. The Bertz CT molecular complexity index is 1240. The summed E-state index contributed by atoms with van der Waals surface area (Å²) in [5.74, 6) is 0.573. The Hall–Kier alpha value is -3.52. The predicted octanol–water partition coefficient (Wildman–Crippen LogP) is 4.09. The summed E-state index contributed by atoms with van der Waals surface area (Å²) >= 11 is 0. The second kappa shape index (κ2) is 10.2. The normalized spacial score (nSPS) is 13.7. The zero-order chi connectivity index (χ0) is 24.1. The van der Waals surface area contributed by atoms with Crippen LogP contribution in [-0.2, 0) is 21.2 Å². The van der Waals surface area contributed by atoms with E-state index in [9.17, 15) is 13.2 Å². The topological polar surface area (TPSA) is 84.9 Å². The zero-order valence-electron chi connectivity index (χ0n) is 19.2. The van der Waals surface area contributed by atoms with Crippen LogP contribution in [0.1, 0.15) is 31.0 Å². The maximum atomic E-state index is 13.5. The number of hydrogen-bond acceptors (Lipinski definition) is 5. The first-order valence-corrected chi connectivity index (χ1v) is 12.7. The number of rotatable bonds is 8. The fraction of sp³-hybridized carbons (Fsp3) is 0.269. The molecule has 0 aromatic heterocycles. The molecule has 4 rings (SSSR count). The number of sulfonamides is 1. The molecule has 0 saturated carbocycles. The Morgan fingerprint density at radius 3 is 2.32 bits per heavy atom. The minimum atomic E-state index is -4.01. The van der Waals surface area contributed by atoms with E-state index in [1.54, 1.807) is 36.4 Å². The molecule has 8 heteroatoms. The van der Waals surface area contributed by atoms with E-state index in [0.29, 0.717) is 30.4 Å². The van der Waals surface area contributed by atoms with Crippen LogP contribution in [0.25, 0.3) is 0 Å². The summed E-state index contributed by atoms with van der Waals surface area (Å²) in [6, 6.07) is 20.7. The molecule has 1 N–H and O–H groups in total. The molecule has 1 aliphatic rings. The van der Waals surface area contributed by atoms with Crippen molar-refractivity contribution < 1.29 is 22.7 Å². The van der Waals surface area contributed by atoms with Crippen molar-refractivity contribution in [3.8, 4) is 11.5 Å². The Labute approximate surface area is 200 Å². The average molecular weight is 481 g/mol. The van der Waals surface area contributed by atoms with Gasteiger partial charge in [0.2, 0.25) is 5.91 Å². The summed E-state index contributed by atoms with van der Waals surface area (Å²) in [5.41, 5.74) is 2.48. The van der Waals surface area contributed by atoms with E-state index in [-0.39, 0.29) is 17.5 Å². The highest BCUT2D eigenvalue weighted by Crippen LogP contribution is 2.35. The molecule has 1 amide bonds. The van der Waals surface area contributed by atoms with Crippen LogP contribution < -0.4 is 19.1 Å². The molecule has 1 unspecified atom stereocenters. The number of amides is 1. The van der Waals surface area contributed by atoms with Crippen molar-refractivity contribution in [2.75, 3.05) is 24.1 Å². The maximum Gasteiger partial charge on any atom is 0.264 e. The van der Waals surface area contributed by atoms with Crippen LogP contribution in [0.15, 0.2) is 77.7 Å². The third kappa shape index (κ3) is 5.17. The van der Waals surface area contributed by atoms with Crippen molar-refractivity contribution in [1.82, 2.24) is 5.32 Å². The van der Waals surface area contributed by atoms with Gasteiger partial charge in [-0.3, -0.25) is 9.10 Å². The number of ether oxygens (including phenoxy) is 2. The SMILES string of the molecule is CCc1ccc(C(C)NC(=O)CN(c2ccc3c(c2)OCCO3)S(=O)(=O)c2ccccc2)cc1. The van der Waals surface area contributed by atoms with E-state index in [2.05, 4.69) is 12.2 Å². The van der Waals surface area contributed by atoms with Crippen molar-refractivity contribution in [3.63, 3.8) is 0 Å². The third-order valence-corrected chi connectivity index (χ3v) is 7.49. The Kier molecular flexibility index (Phi) is 7.07. The summed E-state index contributed by atoms with van der Waals surface area (Å²) in [5, 5.41) is 2.92. The molecule has 0 bridgehead atoms. The summed E-state index contributed by atoms with van der Waals surface area (Å²) in [6.07, 6.45) is 0.933. The minimum absolute atomic E-state index is 0.0980. The summed E-state index contributed by atoms with van der Waals surface area (Å²) < 4.78 is 39.4. The molecule has 0 aliphatic carbocycles. The van der Waals surface area contributed by atoms with Gasteiger partial charge in [0.05, 0.1) is 16.6 Å². The molecule has 178 valence electrons. The van der Waals surface area contributed by atoms with Gasteiger partial charge in [-0.25, -0.2) is 8.42 Å². The lowest BCUT2D eigenvalue weighted by atomic mass is 10.1. The monoisotopic (exact) mass is 480 g/mol. The average Bonchev–Trinajstić information content (AvgIpc) is 2.87. The zero-order valence-corrected chi connectivity index (χ0v) is 20.0. The van der Waals surface area contributed by atoms with Crippen LogP contribution in [0.2, 0.25) is 0 Å². The lowest BCUT2D eigenvalue weighted by molar-refractivity contribution is -0.120. The number of fused-ring (bicyclic) bond motifs is 1. The maximum absolute atomic E-state index is 13.5. The van der Waals surface area contributed by atoms with Crippen molar-refractivity contribution in [2.45, 2.75) is 31.2 Å². The number of anilines is 1. The van der Waals surface area contributed by atoms with Gasteiger partial charge in [0.15, 0.2) is 11.5 Å². The molecule has 34 heavy (non-hydrogen) atoms. The van der Waals surface area contributed by atoms with E-state index in [1.165, 1.54) is 17.7 Å². The number of benzene rings is 3. The first-order valence-electron chi connectivity index (χ1n) is 11.2. The first-order chi connectivity index (χ1) is 16.4. The van der Waals surface area contributed by atoms with Gasteiger partial charge in [-0.05, 0) is 48.7 Å². The second-order valence-corrected chi connectivity index (χ2v) is 9.90. The van der Waals surface area contributed by atoms with Crippen LogP contribution in [0.3, 0.4) is 0 Å². The molecule has 0 radical (unpaired) electrons. The number of nitrogens with zero attached hydrogens (tertiary/aromatic N) is 1. The van der Waals surface area contributed by atoms with Crippen LogP contribution in [0.5, 0.6) is 11.5 Å². The van der Waals surface area contributed by atoms with Gasteiger partial charge in [0.25, 0.3) is 10.0 Å². The standard InChI is InChI=1S/C26H28N2O5S/c1-3-20-9-11-21(12-10-20)19(2)27-26(29)18-28(34(30,31)23-7-5-4-6-8-23)22-13-14-24-25(17-22)33-16-15-32-24/h4-14,17,19H,3,15-16,18H2,1-2H3,(H,27,29). The van der Waals surface area contributed by atoms with Crippen molar-refractivity contribution in [3.05, 3.63) is 83.9 Å². The molecule has 0 fully saturated rings. The van der Waals surface area contributed by atoms with Crippen LogP contribution in [0, 0.1) is 0 Å². The fourth-order valence-electron chi connectivity index (χ4n) is 3.76. The van der Waals surface area contributed by atoms with Gasteiger partial charge in [0.1, 0.15) is 19.8 Å². The largest absolute Gasteiger partial charge is 0.486 e. The van der Waals surface area contributed by atoms with E-state index < -0.39 is 15.9 Å². The molecule has 0 saturated heterocycles. The molecule has 3 aromatic carbocycles. The van der Waals surface area contributed by atoms with E-state index in [4.69, 9.17) is 9.47 Å². The third-order valence-electron chi connectivity index (χ3n) is 5.70. The summed E-state index contributed by atoms with van der Waals surface area (Å²) in [6.45, 7) is 4.38. The van der Waals surface area contributed by atoms with Gasteiger partial charge < -0.3 is 14.8 Å². The smallest absolute Gasteiger partial charge is 0.264 e. The Balaban J connectivity index is 1.61. The summed E-state index contributed by atoms with van der Waals surface area (Å²) in [4.78, 5) is 13.1. The number of hydrogen-bond donors (Lipinski definition) is 1. The molecule has 7 nitrogen and oxygen atoms in total. The quantitative estimate of drug-likeness (QED) is 0.525. The second-order valence-electron chi connectivity index (χ2n) is 8.04. The molecular formula is C26H28N2O5S. The highest BCUT2D eigenvalue weighted by atomic mass is 32.2. The van der Waals surface area contributed by atoms with Gasteiger partial charge >= 0.3 is 0 Å². The summed E-state index contributed by atoms with van der Waals surface area (Å²) in [7, 11) is -4.01. The van der Waals surface area contributed by atoms with E-state index in [1.807, 2.05) is 31.2 Å². The van der Waals surface area contributed by atoms with Crippen molar-refractivity contribution in [1.29, 1.82) is 0 Å². The molecule has 0 spiro atoms. The Morgan fingerprint density at radius 1 is 0.971 bits per heavy atom. The van der Waals surface area contributed by atoms with Crippen molar-refractivity contribution >= 4 is 21.6 Å². The highest BCUT2D eigenvalue weighted by Gasteiger charge is 2.29. The molecule has 1 atom stereocenters. The molecule has 1 heterocycles. The lowest BCUT2D eigenvalue weighted by Crippen LogP contribution is -2.41. The number of carbonyl (C=O) groups excluding carboxylic acids is 1. The number of carbonyl (C=O) groups is 1. The van der Waals surface area contributed by atoms with Gasteiger partial charge in [-0.15, -0.1) is 0 Å². The first kappa shape index (κ1) is 23.6. The van der Waals surface area contributed by atoms with Gasteiger partial charge in [0, 0.05) is 6.07 Å². The fourth-order valence-corrected chi connectivity index (χ4v) is 5.20.